The van der Waals surface area contributed by atoms with Crippen molar-refractivity contribution < 1.29 is 18.0 Å². The Hall–Kier alpha value is -1.37. The smallest absolute Gasteiger partial charge is 0.398 e. The quantitative estimate of drug-likeness (QED) is 0.656. The van der Waals surface area contributed by atoms with Gasteiger partial charge in [-0.05, 0) is 18.2 Å². The summed E-state index contributed by atoms with van der Waals surface area (Å²) in [6, 6.07) is 3.15. The minimum atomic E-state index is -4.40. The number of benzene rings is 1. The van der Waals surface area contributed by atoms with E-state index in [0.717, 1.165) is 12.1 Å². The lowest BCUT2D eigenvalue weighted by molar-refractivity contribution is -0.137. The van der Waals surface area contributed by atoms with Crippen LogP contribution >= 0.6 is 11.8 Å². The lowest BCUT2D eigenvalue weighted by atomic mass is 10.2. The molecule has 1 aromatic rings. The van der Waals surface area contributed by atoms with Gasteiger partial charge in [-0.2, -0.15) is 13.2 Å². The van der Waals surface area contributed by atoms with Crippen LogP contribution in [0.1, 0.15) is 12.5 Å². The predicted molar refractivity (Wildman–Crippen MR) is 64.9 cm³/mol. The summed E-state index contributed by atoms with van der Waals surface area (Å²) in [6.07, 6.45) is -4.40. The lowest BCUT2D eigenvalue weighted by Crippen LogP contribution is -2.22. The highest BCUT2D eigenvalue weighted by Crippen LogP contribution is 2.34. The van der Waals surface area contributed by atoms with E-state index < -0.39 is 17.6 Å². The Morgan fingerprint density at radius 3 is 2.50 bits per heavy atom. The zero-order valence-corrected chi connectivity index (χ0v) is 10.4. The highest BCUT2D eigenvalue weighted by molar-refractivity contribution is 7.99. The molecule has 1 unspecified atom stereocenters. The average molecular weight is 278 g/mol. The summed E-state index contributed by atoms with van der Waals surface area (Å²) in [6.45, 7) is 1.65. The summed E-state index contributed by atoms with van der Waals surface area (Å²) < 4.78 is 37.2. The van der Waals surface area contributed by atoms with Gasteiger partial charge in [-0.25, -0.2) is 0 Å². The molecule has 0 radical (unpaired) electrons. The highest BCUT2D eigenvalue weighted by Gasteiger charge is 2.30. The molecule has 1 amide bonds. The summed E-state index contributed by atoms with van der Waals surface area (Å²) in [5, 5.41) is 0. The minimum Gasteiger partial charge on any atom is -0.398 e. The zero-order valence-electron chi connectivity index (χ0n) is 9.62. The van der Waals surface area contributed by atoms with E-state index in [-0.39, 0.29) is 11.6 Å². The van der Waals surface area contributed by atoms with E-state index >= 15 is 0 Å². The van der Waals surface area contributed by atoms with Crippen LogP contribution in [-0.4, -0.2) is 11.7 Å². The van der Waals surface area contributed by atoms with Crippen LogP contribution in [0.5, 0.6) is 0 Å². The molecule has 0 fully saturated rings. The summed E-state index contributed by atoms with van der Waals surface area (Å²) >= 11 is 1.21. The number of halogens is 3. The van der Waals surface area contributed by atoms with Crippen LogP contribution in [0.2, 0.25) is 0 Å². The molecule has 3 nitrogen and oxygen atoms in total. The van der Waals surface area contributed by atoms with Gasteiger partial charge in [-0.15, -0.1) is 11.8 Å². The van der Waals surface area contributed by atoms with Gasteiger partial charge in [0.15, 0.2) is 0 Å². The molecule has 0 saturated heterocycles. The Morgan fingerprint density at radius 2 is 2.06 bits per heavy atom. The number of nitrogens with two attached hydrogens (primary N) is 2. The van der Waals surface area contributed by atoms with Gasteiger partial charge >= 0.3 is 6.18 Å². The largest absolute Gasteiger partial charge is 0.416 e. The number of hydrogen-bond donors (Lipinski definition) is 2. The highest BCUT2D eigenvalue weighted by atomic mass is 32.2. The van der Waals surface area contributed by atoms with Gasteiger partial charge in [0.05, 0.1) is 5.56 Å². The summed E-state index contributed by atoms with van der Waals surface area (Å²) in [5.74, 6) is -0.435. The third-order valence-electron chi connectivity index (χ3n) is 2.31. The van der Waals surface area contributed by atoms with Crippen molar-refractivity contribution in [1.82, 2.24) is 0 Å². The van der Waals surface area contributed by atoms with Crippen LogP contribution in [0.3, 0.4) is 0 Å². The van der Waals surface area contributed by atoms with Gasteiger partial charge in [-0.1, -0.05) is 6.92 Å². The number of carbonyl (C=O) groups is 1. The van der Waals surface area contributed by atoms with Crippen LogP contribution in [0.25, 0.3) is 0 Å². The van der Waals surface area contributed by atoms with Crippen molar-refractivity contribution in [2.75, 3.05) is 11.5 Å². The first-order valence-corrected chi connectivity index (χ1v) is 6.09. The number of hydrogen-bond acceptors (Lipinski definition) is 3. The number of carbonyl (C=O) groups excluding carboxylic acids is 1. The molecular formula is C11H13F3N2OS. The number of nitrogen functional groups attached to an aromatic ring is 1. The molecule has 1 rings (SSSR count). The van der Waals surface area contributed by atoms with Crippen LogP contribution in [0.15, 0.2) is 23.1 Å². The van der Waals surface area contributed by atoms with Crippen LogP contribution < -0.4 is 11.5 Å². The number of thioether (sulfide) groups is 1. The van der Waals surface area contributed by atoms with Gasteiger partial charge in [0.2, 0.25) is 5.91 Å². The average Bonchev–Trinajstić information content (AvgIpc) is 2.25. The van der Waals surface area contributed by atoms with Crippen molar-refractivity contribution in [1.29, 1.82) is 0 Å². The van der Waals surface area contributed by atoms with E-state index in [4.69, 9.17) is 11.5 Å². The normalized spacial score (nSPS) is 13.3. The zero-order chi connectivity index (χ0) is 13.9. The molecule has 0 saturated carbocycles. The Kier molecular flexibility index (Phi) is 4.50. The van der Waals surface area contributed by atoms with Crippen LogP contribution in [0, 0.1) is 5.92 Å². The van der Waals surface area contributed by atoms with E-state index in [9.17, 15) is 18.0 Å². The maximum absolute atomic E-state index is 12.4. The molecule has 0 bridgehead atoms. The second-order valence-electron chi connectivity index (χ2n) is 3.86. The molecule has 0 heterocycles. The fourth-order valence-electron chi connectivity index (χ4n) is 1.15. The maximum Gasteiger partial charge on any atom is 0.416 e. The third-order valence-corrected chi connectivity index (χ3v) is 3.66. The molecule has 1 aromatic carbocycles. The van der Waals surface area contributed by atoms with Crippen LogP contribution in [-0.2, 0) is 11.0 Å². The molecular weight excluding hydrogens is 265 g/mol. The number of amides is 1. The maximum atomic E-state index is 12.4. The standard InChI is InChI=1S/C11H13F3N2OS/c1-6(10(16)17)5-18-9-3-2-7(4-8(9)15)11(12,13)14/h2-4,6H,5,15H2,1H3,(H2,16,17). The van der Waals surface area contributed by atoms with E-state index in [1.54, 1.807) is 6.92 Å². The Balaban J connectivity index is 2.78. The van der Waals surface area contributed by atoms with Crippen molar-refractivity contribution >= 4 is 23.4 Å². The first-order chi connectivity index (χ1) is 8.21. The topological polar surface area (TPSA) is 69.1 Å². The van der Waals surface area contributed by atoms with Crippen molar-refractivity contribution in [3.8, 4) is 0 Å². The van der Waals surface area contributed by atoms with Crippen molar-refractivity contribution in [2.45, 2.75) is 18.0 Å². The first-order valence-electron chi connectivity index (χ1n) is 5.10. The third kappa shape index (κ3) is 3.83. The lowest BCUT2D eigenvalue weighted by Gasteiger charge is -2.11. The van der Waals surface area contributed by atoms with Crippen molar-refractivity contribution in [3.05, 3.63) is 23.8 Å². The minimum absolute atomic E-state index is 0.0477. The molecule has 4 N–H and O–H groups in total. The van der Waals surface area contributed by atoms with E-state index in [0.29, 0.717) is 10.6 Å². The Bertz CT molecular complexity index is 448. The van der Waals surface area contributed by atoms with Crippen LogP contribution in [0.4, 0.5) is 18.9 Å². The van der Waals surface area contributed by atoms with E-state index in [1.807, 2.05) is 0 Å². The molecule has 0 aliphatic carbocycles. The summed E-state index contributed by atoms with van der Waals surface area (Å²) in [7, 11) is 0. The van der Waals surface area contributed by atoms with Gasteiger partial charge in [0.25, 0.3) is 0 Å². The van der Waals surface area contributed by atoms with Gasteiger partial charge < -0.3 is 11.5 Å². The molecule has 1 atom stereocenters. The predicted octanol–water partition coefficient (Wildman–Crippen LogP) is 2.50. The number of rotatable bonds is 4. The monoisotopic (exact) mass is 278 g/mol. The second-order valence-corrected chi connectivity index (χ2v) is 4.93. The van der Waals surface area contributed by atoms with Gasteiger partial charge in [0, 0.05) is 22.3 Å². The fraction of sp³-hybridized carbons (Fsp3) is 0.364. The van der Waals surface area contributed by atoms with E-state index in [2.05, 4.69) is 0 Å². The molecule has 0 aliphatic rings. The molecule has 0 aliphatic heterocycles. The molecule has 100 valence electrons. The first kappa shape index (κ1) is 14.7. The van der Waals surface area contributed by atoms with Gasteiger partial charge in [-0.3, -0.25) is 4.79 Å². The molecule has 0 spiro atoms. The molecule has 0 aromatic heterocycles. The number of anilines is 1. The Labute approximate surface area is 107 Å². The summed E-state index contributed by atoms with van der Waals surface area (Å²) in [4.78, 5) is 11.3. The fourth-order valence-corrected chi connectivity index (χ4v) is 2.14. The van der Waals surface area contributed by atoms with E-state index in [1.165, 1.54) is 17.8 Å². The molecule has 7 heteroatoms. The summed E-state index contributed by atoms with van der Waals surface area (Å²) in [5.41, 5.74) is 9.89. The van der Waals surface area contributed by atoms with Gasteiger partial charge in [0.1, 0.15) is 0 Å². The SMILES string of the molecule is CC(CSc1ccc(C(F)(F)F)cc1N)C(N)=O. The molecule has 18 heavy (non-hydrogen) atoms. The second kappa shape index (κ2) is 5.51. The van der Waals surface area contributed by atoms with Crippen molar-refractivity contribution in [3.63, 3.8) is 0 Å². The van der Waals surface area contributed by atoms with Crippen molar-refractivity contribution in [2.24, 2.45) is 11.7 Å². The Morgan fingerprint density at radius 1 is 1.44 bits per heavy atom. The number of alkyl halides is 3. The number of primary amides is 1.